The molecule has 1 aliphatic rings. The third kappa shape index (κ3) is 5.26. The van der Waals surface area contributed by atoms with E-state index in [4.69, 9.17) is 4.74 Å². The van der Waals surface area contributed by atoms with Crippen LogP contribution in [0.2, 0.25) is 0 Å². The van der Waals surface area contributed by atoms with Gasteiger partial charge >= 0.3 is 0 Å². The Kier molecular flexibility index (Phi) is 6.61. The van der Waals surface area contributed by atoms with Gasteiger partial charge in [-0.25, -0.2) is 8.42 Å². The van der Waals surface area contributed by atoms with E-state index in [2.05, 4.69) is 26.0 Å². The average Bonchev–Trinajstić information content (AvgIpc) is 3.16. The second kappa shape index (κ2) is 8.96. The van der Waals surface area contributed by atoms with Gasteiger partial charge in [-0.15, -0.1) is 0 Å². The van der Waals surface area contributed by atoms with E-state index in [9.17, 15) is 13.2 Å². The lowest BCUT2D eigenvalue weighted by Gasteiger charge is -2.14. The number of methoxy groups -OCH3 is 1. The molecule has 1 fully saturated rings. The van der Waals surface area contributed by atoms with E-state index in [1.807, 2.05) is 0 Å². The van der Waals surface area contributed by atoms with E-state index in [0.717, 1.165) is 17.3 Å². The molecule has 2 N–H and O–H groups in total. The standard InChI is InChI=1S/C20H23BrN2O4S/c1-27-18-11-10-17(22-20(24)12-14-4-2-3-5-14)13-19(18)28(25,26)23-16-8-6-15(21)7-9-16/h6-11,13-14,23H,2-5,12H2,1H3,(H,22,24). The highest BCUT2D eigenvalue weighted by Gasteiger charge is 2.22. The summed E-state index contributed by atoms with van der Waals surface area (Å²) in [5.74, 6) is 0.528. The van der Waals surface area contributed by atoms with Crippen LogP contribution in [-0.2, 0) is 14.8 Å². The van der Waals surface area contributed by atoms with E-state index in [0.29, 0.717) is 23.7 Å². The molecule has 1 amide bonds. The smallest absolute Gasteiger partial charge is 0.265 e. The summed E-state index contributed by atoms with van der Waals surface area (Å²) in [6, 6.07) is 11.4. The second-order valence-electron chi connectivity index (χ2n) is 6.88. The molecule has 28 heavy (non-hydrogen) atoms. The van der Waals surface area contributed by atoms with Crippen LogP contribution in [0.4, 0.5) is 11.4 Å². The molecular formula is C20H23BrN2O4S. The Hall–Kier alpha value is -2.06. The summed E-state index contributed by atoms with van der Waals surface area (Å²) < 4.78 is 34.3. The molecule has 3 rings (SSSR count). The fourth-order valence-corrected chi connectivity index (χ4v) is 4.90. The third-order valence-corrected chi connectivity index (χ3v) is 6.71. The Bertz CT molecular complexity index is 939. The first kappa shape index (κ1) is 20.7. The molecule has 2 aromatic carbocycles. The van der Waals surface area contributed by atoms with Crippen molar-refractivity contribution < 1.29 is 17.9 Å². The molecule has 0 heterocycles. The molecule has 0 unspecified atom stereocenters. The lowest BCUT2D eigenvalue weighted by Crippen LogP contribution is -2.17. The number of carbonyl (C=O) groups is 1. The molecule has 1 aliphatic carbocycles. The van der Waals surface area contributed by atoms with Crippen molar-refractivity contribution in [2.45, 2.75) is 37.0 Å². The first-order chi connectivity index (χ1) is 13.4. The number of halogens is 1. The number of sulfonamides is 1. The Morgan fingerprint density at radius 3 is 2.39 bits per heavy atom. The Balaban J connectivity index is 1.79. The molecule has 8 heteroatoms. The molecule has 0 atom stereocenters. The van der Waals surface area contributed by atoms with E-state index in [1.54, 1.807) is 36.4 Å². The lowest BCUT2D eigenvalue weighted by atomic mass is 10.0. The summed E-state index contributed by atoms with van der Waals surface area (Å²) in [5.41, 5.74) is 0.862. The summed E-state index contributed by atoms with van der Waals surface area (Å²) in [6.45, 7) is 0. The summed E-state index contributed by atoms with van der Waals surface area (Å²) in [5, 5.41) is 2.81. The van der Waals surface area contributed by atoms with Crippen LogP contribution in [0, 0.1) is 5.92 Å². The number of ether oxygens (including phenoxy) is 1. The molecule has 0 bridgehead atoms. The van der Waals surface area contributed by atoms with Crippen LogP contribution in [0.15, 0.2) is 51.8 Å². The van der Waals surface area contributed by atoms with Gasteiger partial charge in [0.25, 0.3) is 10.0 Å². The predicted molar refractivity (Wildman–Crippen MR) is 113 cm³/mol. The zero-order valence-corrected chi connectivity index (χ0v) is 18.0. The quantitative estimate of drug-likeness (QED) is 0.614. The molecule has 0 aromatic heterocycles. The summed E-state index contributed by atoms with van der Waals surface area (Å²) in [7, 11) is -2.48. The SMILES string of the molecule is COc1ccc(NC(=O)CC2CCCC2)cc1S(=O)(=O)Nc1ccc(Br)cc1. The molecule has 0 radical (unpaired) electrons. The Morgan fingerprint density at radius 2 is 1.75 bits per heavy atom. The minimum Gasteiger partial charge on any atom is -0.495 e. The Labute approximate surface area is 173 Å². The molecule has 2 aromatic rings. The van der Waals surface area contributed by atoms with Crippen LogP contribution < -0.4 is 14.8 Å². The van der Waals surface area contributed by atoms with Gasteiger partial charge < -0.3 is 10.1 Å². The van der Waals surface area contributed by atoms with Gasteiger partial charge in [-0.3, -0.25) is 9.52 Å². The van der Waals surface area contributed by atoms with Gasteiger partial charge in [0.05, 0.1) is 7.11 Å². The van der Waals surface area contributed by atoms with E-state index < -0.39 is 10.0 Å². The van der Waals surface area contributed by atoms with Crippen LogP contribution in [-0.4, -0.2) is 21.4 Å². The number of hydrogen-bond donors (Lipinski definition) is 2. The topological polar surface area (TPSA) is 84.5 Å². The highest BCUT2D eigenvalue weighted by Crippen LogP contribution is 2.31. The molecule has 0 spiro atoms. The molecule has 0 saturated heterocycles. The van der Waals surface area contributed by atoms with Crippen molar-refractivity contribution in [1.82, 2.24) is 0 Å². The zero-order valence-electron chi connectivity index (χ0n) is 15.6. The maximum Gasteiger partial charge on any atom is 0.265 e. The van der Waals surface area contributed by atoms with Gasteiger partial charge in [-0.2, -0.15) is 0 Å². The normalized spacial score (nSPS) is 14.6. The maximum absolute atomic E-state index is 12.9. The van der Waals surface area contributed by atoms with Crippen molar-refractivity contribution in [3.8, 4) is 5.75 Å². The zero-order chi connectivity index (χ0) is 20.1. The van der Waals surface area contributed by atoms with Crippen molar-refractivity contribution in [3.63, 3.8) is 0 Å². The van der Waals surface area contributed by atoms with Gasteiger partial charge in [0, 0.05) is 22.3 Å². The van der Waals surface area contributed by atoms with Gasteiger partial charge in [0.1, 0.15) is 10.6 Å². The minimum atomic E-state index is -3.89. The molecule has 0 aliphatic heterocycles. The average molecular weight is 467 g/mol. The van der Waals surface area contributed by atoms with E-state index in [-0.39, 0.29) is 16.6 Å². The largest absolute Gasteiger partial charge is 0.495 e. The number of benzene rings is 2. The van der Waals surface area contributed by atoms with Gasteiger partial charge in [0.15, 0.2) is 0 Å². The van der Waals surface area contributed by atoms with Crippen molar-refractivity contribution in [2.24, 2.45) is 5.92 Å². The molecular weight excluding hydrogens is 444 g/mol. The van der Waals surface area contributed by atoms with E-state index in [1.165, 1.54) is 26.0 Å². The third-order valence-electron chi connectivity index (χ3n) is 4.78. The minimum absolute atomic E-state index is 0.0309. The maximum atomic E-state index is 12.9. The van der Waals surface area contributed by atoms with E-state index >= 15 is 0 Å². The number of hydrogen-bond acceptors (Lipinski definition) is 4. The predicted octanol–water partition coefficient (Wildman–Crippen LogP) is 4.78. The first-order valence-electron chi connectivity index (χ1n) is 9.13. The monoisotopic (exact) mass is 466 g/mol. The molecule has 1 saturated carbocycles. The molecule has 150 valence electrons. The summed E-state index contributed by atoms with van der Waals surface area (Å²) in [6.07, 6.45) is 4.96. The van der Waals surface area contributed by atoms with Crippen LogP contribution >= 0.6 is 15.9 Å². The number of anilines is 2. The summed E-state index contributed by atoms with van der Waals surface area (Å²) >= 11 is 3.32. The van der Waals surface area contributed by atoms with Crippen molar-refractivity contribution >= 4 is 43.2 Å². The highest BCUT2D eigenvalue weighted by molar-refractivity contribution is 9.10. The van der Waals surface area contributed by atoms with Crippen molar-refractivity contribution in [3.05, 3.63) is 46.9 Å². The van der Waals surface area contributed by atoms with Gasteiger partial charge in [-0.1, -0.05) is 28.8 Å². The van der Waals surface area contributed by atoms with Crippen LogP contribution in [0.5, 0.6) is 5.75 Å². The first-order valence-corrected chi connectivity index (χ1v) is 11.4. The van der Waals surface area contributed by atoms with Crippen molar-refractivity contribution in [1.29, 1.82) is 0 Å². The van der Waals surface area contributed by atoms with Gasteiger partial charge in [-0.05, 0) is 61.2 Å². The number of nitrogens with one attached hydrogen (secondary N) is 2. The second-order valence-corrected chi connectivity index (χ2v) is 9.45. The number of amides is 1. The lowest BCUT2D eigenvalue weighted by molar-refractivity contribution is -0.117. The van der Waals surface area contributed by atoms with Crippen molar-refractivity contribution in [2.75, 3.05) is 17.1 Å². The van der Waals surface area contributed by atoms with Crippen LogP contribution in [0.3, 0.4) is 0 Å². The highest BCUT2D eigenvalue weighted by atomic mass is 79.9. The van der Waals surface area contributed by atoms with Gasteiger partial charge in [0.2, 0.25) is 5.91 Å². The number of carbonyl (C=O) groups excluding carboxylic acids is 1. The van der Waals surface area contributed by atoms with Crippen LogP contribution in [0.1, 0.15) is 32.1 Å². The summed E-state index contributed by atoms with van der Waals surface area (Å²) in [4.78, 5) is 12.3. The fraction of sp³-hybridized carbons (Fsp3) is 0.350. The molecule has 6 nitrogen and oxygen atoms in total. The van der Waals surface area contributed by atoms with Crippen LogP contribution in [0.25, 0.3) is 0 Å². The fourth-order valence-electron chi connectivity index (χ4n) is 3.38. The number of rotatable bonds is 7. The Morgan fingerprint density at radius 1 is 1.11 bits per heavy atom.